The van der Waals surface area contributed by atoms with Gasteiger partial charge in [-0.25, -0.2) is 4.79 Å². The summed E-state index contributed by atoms with van der Waals surface area (Å²) in [5, 5.41) is 41.6. The molecule has 0 aliphatic rings. The monoisotopic (exact) mass is 378 g/mol. The zero-order valence-electron chi connectivity index (χ0n) is 13.7. The van der Waals surface area contributed by atoms with E-state index >= 15 is 0 Å². The number of amides is 3. The van der Waals surface area contributed by atoms with Gasteiger partial charge in [0, 0.05) is 6.42 Å². The molecule has 0 fully saturated rings. The van der Waals surface area contributed by atoms with E-state index in [-0.39, 0.29) is 6.42 Å². The van der Waals surface area contributed by atoms with E-state index in [1.807, 2.05) is 5.32 Å². The lowest BCUT2D eigenvalue weighted by Crippen LogP contribution is -2.57. The summed E-state index contributed by atoms with van der Waals surface area (Å²) in [5.74, 6) is -5.57. The van der Waals surface area contributed by atoms with E-state index in [2.05, 4.69) is 10.6 Å². The number of aliphatic hydroxyl groups excluding tert-OH is 2. The summed E-state index contributed by atoms with van der Waals surface area (Å²) in [5.41, 5.74) is 5.11. The second-order valence-corrected chi connectivity index (χ2v) is 5.08. The van der Waals surface area contributed by atoms with E-state index in [1.54, 1.807) is 0 Å². The van der Waals surface area contributed by atoms with Crippen LogP contribution < -0.4 is 21.7 Å². The van der Waals surface area contributed by atoms with E-state index in [0.717, 1.165) is 0 Å². The molecule has 0 rings (SSSR count). The average Bonchev–Trinajstić information content (AvgIpc) is 2.59. The van der Waals surface area contributed by atoms with Crippen molar-refractivity contribution < 1.29 is 44.4 Å². The van der Waals surface area contributed by atoms with Crippen LogP contribution in [0.5, 0.6) is 0 Å². The van der Waals surface area contributed by atoms with Crippen molar-refractivity contribution in [1.29, 1.82) is 0 Å². The van der Waals surface area contributed by atoms with Gasteiger partial charge >= 0.3 is 11.9 Å². The highest BCUT2D eigenvalue weighted by Crippen LogP contribution is 2.00. The maximum absolute atomic E-state index is 12.2. The summed E-state index contributed by atoms with van der Waals surface area (Å²) in [4.78, 5) is 56.8. The van der Waals surface area contributed by atoms with Gasteiger partial charge in [-0.3, -0.25) is 19.2 Å². The molecule has 3 atom stereocenters. The Labute approximate surface area is 147 Å². The van der Waals surface area contributed by atoms with Gasteiger partial charge in [0.15, 0.2) is 0 Å². The summed E-state index contributed by atoms with van der Waals surface area (Å²) in [6.45, 7) is -2.29. The van der Waals surface area contributed by atoms with Crippen LogP contribution >= 0.6 is 0 Å². The van der Waals surface area contributed by atoms with Crippen molar-refractivity contribution in [1.82, 2.24) is 16.0 Å². The van der Waals surface area contributed by atoms with Crippen LogP contribution in [0, 0.1) is 0 Å². The van der Waals surface area contributed by atoms with Crippen LogP contribution in [0.4, 0.5) is 0 Å². The first-order valence-corrected chi connectivity index (χ1v) is 7.42. The van der Waals surface area contributed by atoms with Crippen LogP contribution in [-0.4, -0.2) is 88.0 Å². The molecule has 0 aromatic carbocycles. The van der Waals surface area contributed by atoms with Crippen molar-refractivity contribution in [2.24, 2.45) is 5.73 Å². The number of hydrogen-bond donors (Lipinski definition) is 8. The molecular weight excluding hydrogens is 356 g/mol. The summed E-state index contributed by atoms with van der Waals surface area (Å²) in [6.07, 6.45) is -0.772. The molecule has 0 aromatic heterocycles. The Balaban J connectivity index is 5.01. The van der Waals surface area contributed by atoms with E-state index in [0.29, 0.717) is 0 Å². The number of aliphatic carboxylic acids is 2. The molecule has 0 radical (unpaired) electrons. The molecule has 0 saturated carbocycles. The van der Waals surface area contributed by atoms with Crippen LogP contribution in [0.15, 0.2) is 0 Å². The van der Waals surface area contributed by atoms with Crippen LogP contribution in [0.3, 0.4) is 0 Å². The number of carboxylic acid groups (broad SMARTS) is 2. The normalized spacial score (nSPS) is 13.8. The predicted octanol–water partition coefficient (Wildman–Crippen LogP) is -4.67. The first-order chi connectivity index (χ1) is 12.2. The third kappa shape index (κ3) is 8.36. The molecule has 9 N–H and O–H groups in total. The molecule has 0 aromatic rings. The zero-order valence-corrected chi connectivity index (χ0v) is 13.7. The largest absolute Gasteiger partial charge is 0.481 e. The Kier molecular flexibility index (Phi) is 10.5. The molecule has 13 nitrogen and oxygen atoms in total. The van der Waals surface area contributed by atoms with Gasteiger partial charge in [0.1, 0.15) is 18.1 Å². The van der Waals surface area contributed by atoms with Gasteiger partial charge in [0.2, 0.25) is 17.7 Å². The highest BCUT2D eigenvalue weighted by Gasteiger charge is 2.29. The number of nitrogens with one attached hydrogen (secondary N) is 3. The third-order valence-electron chi connectivity index (χ3n) is 3.10. The molecule has 148 valence electrons. The van der Waals surface area contributed by atoms with Crippen LogP contribution in [0.25, 0.3) is 0 Å². The topological polar surface area (TPSA) is 228 Å². The standard InChI is InChI=1S/C13H22N4O9/c14-3-9(20)15-6(1-2-10(21)22)11(23)16-7(4-18)12(24)17-8(5-19)13(25)26/h6-8,18-19H,1-5,14H2,(H,15,20)(H,16,23)(H,17,24)(H,21,22)(H,25,26). The fourth-order valence-electron chi connectivity index (χ4n) is 1.71. The lowest BCUT2D eigenvalue weighted by molar-refractivity contribution is -0.143. The van der Waals surface area contributed by atoms with Gasteiger partial charge in [-0.2, -0.15) is 0 Å². The third-order valence-corrected chi connectivity index (χ3v) is 3.10. The van der Waals surface area contributed by atoms with Gasteiger partial charge in [0.25, 0.3) is 0 Å². The van der Waals surface area contributed by atoms with Crippen LogP contribution in [0.1, 0.15) is 12.8 Å². The summed E-state index contributed by atoms with van der Waals surface area (Å²) in [6, 6.07) is -4.57. The highest BCUT2D eigenvalue weighted by atomic mass is 16.4. The van der Waals surface area contributed by atoms with Crippen molar-refractivity contribution >= 4 is 29.7 Å². The van der Waals surface area contributed by atoms with Crippen molar-refractivity contribution in [3.05, 3.63) is 0 Å². The molecule has 13 heteroatoms. The Hall–Kier alpha value is -2.77. The average molecular weight is 378 g/mol. The molecule has 0 heterocycles. The smallest absolute Gasteiger partial charge is 0.328 e. The van der Waals surface area contributed by atoms with Crippen LogP contribution in [0.2, 0.25) is 0 Å². The molecule has 0 saturated heterocycles. The van der Waals surface area contributed by atoms with Crippen molar-refractivity contribution in [2.45, 2.75) is 31.0 Å². The molecule has 26 heavy (non-hydrogen) atoms. The van der Waals surface area contributed by atoms with Crippen LogP contribution in [-0.2, 0) is 24.0 Å². The first kappa shape index (κ1) is 23.2. The lowest BCUT2D eigenvalue weighted by Gasteiger charge is -2.22. The van der Waals surface area contributed by atoms with Gasteiger partial charge in [0.05, 0.1) is 19.8 Å². The minimum Gasteiger partial charge on any atom is -0.481 e. The summed E-state index contributed by atoms with van der Waals surface area (Å²) in [7, 11) is 0. The minimum atomic E-state index is -1.65. The number of nitrogens with two attached hydrogens (primary N) is 1. The summed E-state index contributed by atoms with van der Waals surface area (Å²) >= 11 is 0. The molecule has 0 spiro atoms. The number of rotatable bonds is 12. The van der Waals surface area contributed by atoms with E-state index < -0.39 is 74.0 Å². The second-order valence-electron chi connectivity index (χ2n) is 5.08. The molecular formula is C13H22N4O9. The Bertz CT molecular complexity index is 540. The van der Waals surface area contributed by atoms with E-state index in [1.165, 1.54) is 0 Å². The van der Waals surface area contributed by atoms with Crippen molar-refractivity contribution in [3.63, 3.8) is 0 Å². The molecule has 0 aliphatic carbocycles. The lowest BCUT2D eigenvalue weighted by atomic mass is 10.1. The van der Waals surface area contributed by atoms with Gasteiger partial charge < -0.3 is 42.1 Å². The van der Waals surface area contributed by atoms with Gasteiger partial charge in [-0.05, 0) is 6.42 Å². The molecule has 3 amide bonds. The number of hydrogen-bond acceptors (Lipinski definition) is 8. The fraction of sp³-hybridized carbons (Fsp3) is 0.615. The van der Waals surface area contributed by atoms with Gasteiger partial charge in [-0.15, -0.1) is 0 Å². The Morgan fingerprint density at radius 1 is 0.808 bits per heavy atom. The van der Waals surface area contributed by atoms with Crippen molar-refractivity contribution in [3.8, 4) is 0 Å². The molecule has 3 unspecified atom stereocenters. The highest BCUT2D eigenvalue weighted by molar-refractivity contribution is 5.93. The number of aliphatic hydroxyl groups is 2. The molecule has 0 bridgehead atoms. The quantitative estimate of drug-likeness (QED) is 0.162. The summed E-state index contributed by atoms with van der Waals surface area (Å²) < 4.78 is 0. The molecule has 0 aliphatic heterocycles. The predicted molar refractivity (Wildman–Crippen MR) is 83.5 cm³/mol. The minimum absolute atomic E-state index is 0.304. The SMILES string of the molecule is NCC(=O)NC(CCC(=O)O)C(=O)NC(CO)C(=O)NC(CO)C(=O)O. The number of carbonyl (C=O) groups is 5. The Morgan fingerprint density at radius 2 is 1.31 bits per heavy atom. The number of carboxylic acids is 2. The Morgan fingerprint density at radius 3 is 1.73 bits per heavy atom. The van der Waals surface area contributed by atoms with Gasteiger partial charge in [-0.1, -0.05) is 0 Å². The fourth-order valence-corrected chi connectivity index (χ4v) is 1.71. The maximum atomic E-state index is 12.2. The number of carbonyl (C=O) groups excluding carboxylic acids is 3. The van der Waals surface area contributed by atoms with E-state index in [9.17, 15) is 29.1 Å². The van der Waals surface area contributed by atoms with Crippen molar-refractivity contribution in [2.75, 3.05) is 19.8 Å². The van der Waals surface area contributed by atoms with E-state index in [4.69, 9.17) is 21.1 Å². The second kappa shape index (κ2) is 11.7. The first-order valence-electron chi connectivity index (χ1n) is 7.42. The zero-order chi connectivity index (χ0) is 20.3. The maximum Gasteiger partial charge on any atom is 0.328 e.